The Morgan fingerprint density at radius 2 is 2.24 bits per heavy atom. The van der Waals surface area contributed by atoms with Crippen LogP contribution in [0.15, 0.2) is 30.5 Å². The molecular formula is C21H28N2O2. The molecule has 3 fully saturated rings. The molecule has 4 heteroatoms. The van der Waals surface area contributed by atoms with Crippen molar-refractivity contribution in [3.05, 3.63) is 36.0 Å². The minimum absolute atomic E-state index is 0.193. The fraction of sp³-hybridized carbons (Fsp3) is 0.571. The van der Waals surface area contributed by atoms with E-state index >= 15 is 0 Å². The van der Waals surface area contributed by atoms with E-state index in [0.717, 1.165) is 47.6 Å². The van der Waals surface area contributed by atoms with Gasteiger partial charge >= 0.3 is 0 Å². The largest absolute Gasteiger partial charge is 0.497 e. The summed E-state index contributed by atoms with van der Waals surface area (Å²) < 4.78 is 5.38. The SMILES string of the molecule is CC[C@H]1CN2CCC1(C)C[C@H]2[C@H](O)c1ccnc2ccc(OC)cc12. The molecule has 1 aromatic carbocycles. The highest BCUT2D eigenvalue weighted by Crippen LogP contribution is 2.50. The van der Waals surface area contributed by atoms with Crippen LogP contribution in [0.5, 0.6) is 5.75 Å². The number of aliphatic hydroxyl groups excluding tert-OH is 1. The second-order valence-corrected chi connectivity index (χ2v) is 8.00. The molecule has 2 unspecified atom stereocenters. The van der Waals surface area contributed by atoms with E-state index in [2.05, 4.69) is 23.7 Å². The van der Waals surface area contributed by atoms with Gasteiger partial charge in [-0.2, -0.15) is 0 Å². The summed E-state index contributed by atoms with van der Waals surface area (Å²) in [6.45, 7) is 6.93. The first-order valence-corrected chi connectivity index (χ1v) is 9.40. The summed E-state index contributed by atoms with van der Waals surface area (Å²) >= 11 is 0. The lowest BCUT2D eigenvalue weighted by Gasteiger charge is -2.57. The number of hydrogen-bond acceptors (Lipinski definition) is 4. The number of benzene rings is 1. The summed E-state index contributed by atoms with van der Waals surface area (Å²) in [5.74, 6) is 1.55. The van der Waals surface area contributed by atoms with Crippen LogP contribution in [0.25, 0.3) is 10.9 Å². The average molecular weight is 340 g/mol. The van der Waals surface area contributed by atoms with Crippen molar-refractivity contribution < 1.29 is 9.84 Å². The molecule has 134 valence electrons. The van der Waals surface area contributed by atoms with Gasteiger partial charge in [-0.05, 0) is 60.5 Å². The van der Waals surface area contributed by atoms with Gasteiger partial charge in [0.25, 0.3) is 0 Å². The number of hydrogen-bond donors (Lipinski definition) is 1. The van der Waals surface area contributed by atoms with Crippen LogP contribution < -0.4 is 4.74 Å². The van der Waals surface area contributed by atoms with Gasteiger partial charge in [-0.15, -0.1) is 0 Å². The first-order valence-electron chi connectivity index (χ1n) is 9.40. The molecule has 25 heavy (non-hydrogen) atoms. The molecule has 3 saturated heterocycles. The number of methoxy groups -OCH3 is 1. The Labute approximate surface area is 149 Å². The summed E-state index contributed by atoms with van der Waals surface area (Å²) in [5.41, 5.74) is 2.24. The van der Waals surface area contributed by atoms with E-state index in [-0.39, 0.29) is 6.04 Å². The number of aliphatic hydroxyl groups is 1. The third-order valence-corrected chi connectivity index (χ3v) is 6.71. The zero-order valence-electron chi connectivity index (χ0n) is 15.4. The number of fused-ring (bicyclic) bond motifs is 4. The summed E-state index contributed by atoms with van der Waals surface area (Å²) in [6.07, 6.45) is 4.86. The number of piperidine rings is 3. The van der Waals surface area contributed by atoms with E-state index in [1.165, 1.54) is 12.8 Å². The number of ether oxygens (including phenoxy) is 1. The molecule has 0 spiro atoms. The second-order valence-electron chi connectivity index (χ2n) is 8.00. The van der Waals surface area contributed by atoms with Crippen LogP contribution in [0.4, 0.5) is 0 Å². The van der Waals surface area contributed by atoms with Gasteiger partial charge in [-0.3, -0.25) is 9.88 Å². The number of nitrogens with zero attached hydrogens (tertiary/aromatic N) is 2. The van der Waals surface area contributed by atoms with E-state index in [9.17, 15) is 5.11 Å². The predicted molar refractivity (Wildman–Crippen MR) is 99.7 cm³/mol. The Bertz CT molecular complexity index is 778. The molecule has 2 aromatic rings. The van der Waals surface area contributed by atoms with Crippen LogP contribution in [-0.4, -0.2) is 41.2 Å². The van der Waals surface area contributed by atoms with Crippen LogP contribution >= 0.6 is 0 Å². The van der Waals surface area contributed by atoms with Gasteiger partial charge in [0.15, 0.2) is 0 Å². The van der Waals surface area contributed by atoms with Crippen molar-refractivity contribution in [1.82, 2.24) is 9.88 Å². The van der Waals surface area contributed by atoms with Gasteiger partial charge in [0, 0.05) is 24.2 Å². The average Bonchev–Trinajstić information content (AvgIpc) is 2.66. The maximum Gasteiger partial charge on any atom is 0.119 e. The number of pyridine rings is 1. The topological polar surface area (TPSA) is 45.6 Å². The summed E-state index contributed by atoms with van der Waals surface area (Å²) in [4.78, 5) is 6.96. The Hall–Kier alpha value is -1.65. The Kier molecular flexibility index (Phi) is 4.20. The summed E-state index contributed by atoms with van der Waals surface area (Å²) in [7, 11) is 1.67. The van der Waals surface area contributed by atoms with Gasteiger partial charge in [0.05, 0.1) is 18.7 Å². The first-order chi connectivity index (χ1) is 12.1. The molecule has 0 saturated carbocycles. The normalized spacial score (nSPS) is 32.7. The lowest BCUT2D eigenvalue weighted by Crippen LogP contribution is -2.59. The minimum Gasteiger partial charge on any atom is -0.497 e. The fourth-order valence-corrected chi connectivity index (χ4v) is 5.05. The van der Waals surface area contributed by atoms with Gasteiger partial charge in [0.1, 0.15) is 5.75 Å². The molecule has 1 aromatic heterocycles. The highest BCUT2D eigenvalue weighted by atomic mass is 16.5. The zero-order chi connectivity index (χ0) is 17.6. The smallest absolute Gasteiger partial charge is 0.119 e. The maximum atomic E-state index is 11.3. The molecule has 5 rings (SSSR count). The quantitative estimate of drug-likeness (QED) is 0.920. The van der Waals surface area contributed by atoms with E-state index < -0.39 is 6.10 Å². The third kappa shape index (κ3) is 2.72. The van der Waals surface area contributed by atoms with Gasteiger partial charge in [-0.1, -0.05) is 20.3 Å². The molecule has 3 aliphatic rings. The molecule has 5 atom stereocenters. The van der Waals surface area contributed by atoms with Crippen molar-refractivity contribution in [3.8, 4) is 5.75 Å². The van der Waals surface area contributed by atoms with Crippen molar-refractivity contribution in [2.75, 3.05) is 20.2 Å². The zero-order valence-corrected chi connectivity index (χ0v) is 15.4. The van der Waals surface area contributed by atoms with Crippen molar-refractivity contribution in [2.24, 2.45) is 11.3 Å². The molecule has 2 bridgehead atoms. The number of aromatic nitrogens is 1. The molecule has 1 N–H and O–H groups in total. The van der Waals surface area contributed by atoms with Gasteiger partial charge in [-0.25, -0.2) is 0 Å². The summed E-state index contributed by atoms with van der Waals surface area (Å²) in [6, 6.07) is 8.04. The van der Waals surface area contributed by atoms with Crippen LogP contribution in [0, 0.1) is 11.3 Å². The lowest BCUT2D eigenvalue weighted by atomic mass is 9.62. The van der Waals surface area contributed by atoms with Crippen molar-refractivity contribution in [3.63, 3.8) is 0 Å². The minimum atomic E-state index is -0.491. The standard InChI is InChI=1S/C21H28N2O2/c1-4-14-13-23-10-8-21(14,2)12-19(23)20(24)16-7-9-22-18-6-5-15(25-3)11-17(16)18/h5-7,9,11,14,19-20,24H,4,8,10,12-13H2,1-3H3/t14-,19-,20+,21?/m0/s1. The van der Waals surface area contributed by atoms with E-state index in [1.54, 1.807) is 13.3 Å². The molecule has 0 aliphatic carbocycles. The van der Waals surface area contributed by atoms with Crippen LogP contribution in [0.1, 0.15) is 44.8 Å². The van der Waals surface area contributed by atoms with Crippen molar-refractivity contribution in [2.45, 2.75) is 45.3 Å². The summed E-state index contributed by atoms with van der Waals surface area (Å²) in [5, 5.41) is 12.3. The molecule has 4 heterocycles. The van der Waals surface area contributed by atoms with E-state index in [4.69, 9.17) is 4.74 Å². The van der Waals surface area contributed by atoms with E-state index in [1.807, 2.05) is 24.3 Å². The molecule has 0 radical (unpaired) electrons. The van der Waals surface area contributed by atoms with Crippen LogP contribution in [0.3, 0.4) is 0 Å². The predicted octanol–water partition coefficient (Wildman–Crippen LogP) is 3.79. The van der Waals surface area contributed by atoms with Crippen molar-refractivity contribution >= 4 is 10.9 Å². The van der Waals surface area contributed by atoms with Crippen LogP contribution in [0.2, 0.25) is 0 Å². The molecule has 4 nitrogen and oxygen atoms in total. The highest BCUT2D eigenvalue weighted by molar-refractivity contribution is 5.83. The lowest BCUT2D eigenvalue weighted by molar-refractivity contribution is -0.101. The first kappa shape index (κ1) is 16.8. The highest BCUT2D eigenvalue weighted by Gasteiger charge is 2.49. The molecule has 3 aliphatic heterocycles. The molecule has 0 amide bonds. The van der Waals surface area contributed by atoms with Gasteiger partial charge < -0.3 is 9.84 Å². The van der Waals surface area contributed by atoms with E-state index in [0.29, 0.717) is 5.41 Å². The molecular weight excluding hydrogens is 312 g/mol. The van der Waals surface area contributed by atoms with Gasteiger partial charge in [0.2, 0.25) is 0 Å². The Balaban J connectivity index is 1.70. The Morgan fingerprint density at radius 1 is 1.40 bits per heavy atom. The second kappa shape index (κ2) is 6.26. The van der Waals surface area contributed by atoms with Crippen molar-refractivity contribution in [1.29, 1.82) is 0 Å². The van der Waals surface area contributed by atoms with Crippen LogP contribution in [-0.2, 0) is 0 Å². The monoisotopic (exact) mass is 340 g/mol. The third-order valence-electron chi connectivity index (χ3n) is 6.71. The number of rotatable bonds is 4. The Morgan fingerprint density at radius 3 is 2.96 bits per heavy atom. The fourth-order valence-electron chi connectivity index (χ4n) is 5.05. The maximum absolute atomic E-state index is 11.3.